The summed E-state index contributed by atoms with van der Waals surface area (Å²) < 4.78 is 13.1. The van der Waals surface area contributed by atoms with Crippen LogP contribution in [0.5, 0.6) is 0 Å². The van der Waals surface area contributed by atoms with Gasteiger partial charge in [0.15, 0.2) is 0 Å². The summed E-state index contributed by atoms with van der Waals surface area (Å²) in [6.45, 7) is 1.63. The van der Waals surface area contributed by atoms with Gasteiger partial charge in [0.25, 0.3) is 5.91 Å². The number of nitrogens with one attached hydrogen (secondary N) is 1. The fourth-order valence-electron chi connectivity index (χ4n) is 2.55. The van der Waals surface area contributed by atoms with Crippen molar-refractivity contribution in [1.29, 1.82) is 0 Å². The van der Waals surface area contributed by atoms with Gasteiger partial charge in [0.1, 0.15) is 17.9 Å². The van der Waals surface area contributed by atoms with E-state index in [1.165, 1.54) is 17.0 Å². The second-order valence-corrected chi connectivity index (χ2v) is 5.71. The molecular formula is C14H14ClFN2O2. The zero-order valence-corrected chi connectivity index (χ0v) is 11.7. The number of halogens is 2. The van der Waals surface area contributed by atoms with E-state index in [1.807, 2.05) is 0 Å². The van der Waals surface area contributed by atoms with Gasteiger partial charge in [-0.25, -0.2) is 4.39 Å². The van der Waals surface area contributed by atoms with E-state index in [-0.39, 0.29) is 22.8 Å². The molecule has 1 saturated heterocycles. The first kappa shape index (κ1) is 13.4. The minimum absolute atomic E-state index is 0.134. The Morgan fingerprint density at radius 3 is 2.65 bits per heavy atom. The van der Waals surface area contributed by atoms with Gasteiger partial charge in [0.05, 0.1) is 10.7 Å². The molecule has 20 heavy (non-hydrogen) atoms. The Bertz CT molecular complexity index is 589. The van der Waals surface area contributed by atoms with Crippen molar-refractivity contribution >= 4 is 29.1 Å². The molecule has 0 aromatic heterocycles. The van der Waals surface area contributed by atoms with Gasteiger partial charge in [-0.05, 0) is 43.9 Å². The number of amides is 2. The van der Waals surface area contributed by atoms with Crippen LogP contribution in [0.2, 0.25) is 5.02 Å². The number of carbonyl (C=O) groups excluding carboxylic acids is 2. The van der Waals surface area contributed by atoms with E-state index in [2.05, 4.69) is 5.32 Å². The molecule has 0 spiro atoms. The molecular weight excluding hydrogens is 283 g/mol. The average molecular weight is 297 g/mol. The lowest BCUT2D eigenvalue weighted by Gasteiger charge is -2.37. The van der Waals surface area contributed by atoms with Gasteiger partial charge in [-0.3, -0.25) is 14.5 Å². The summed E-state index contributed by atoms with van der Waals surface area (Å²) >= 11 is 6.02. The third-order valence-electron chi connectivity index (χ3n) is 3.83. The molecule has 106 valence electrons. The summed E-state index contributed by atoms with van der Waals surface area (Å²) in [5, 5.41) is 2.89. The first-order valence-electron chi connectivity index (χ1n) is 6.57. The highest BCUT2D eigenvalue weighted by atomic mass is 35.5. The van der Waals surface area contributed by atoms with Crippen LogP contribution in [-0.4, -0.2) is 23.9 Å². The number of hydrogen-bond donors (Lipinski definition) is 1. The van der Waals surface area contributed by atoms with Crippen LogP contribution in [0.4, 0.5) is 10.1 Å². The first-order valence-corrected chi connectivity index (χ1v) is 6.95. The summed E-state index contributed by atoms with van der Waals surface area (Å²) in [5.41, 5.74) is 0.381. The summed E-state index contributed by atoms with van der Waals surface area (Å²) in [6, 6.07) is 2.68. The van der Waals surface area contributed by atoms with E-state index < -0.39 is 17.9 Å². The number of piperazine rings is 1. The lowest BCUT2D eigenvalue weighted by atomic mass is 10.0. The van der Waals surface area contributed by atoms with E-state index in [0.717, 1.165) is 18.9 Å². The Kier molecular flexibility index (Phi) is 3.17. The Balaban J connectivity index is 1.99. The molecule has 1 aromatic carbocycles. The van der Waals surface area contributed by atoms with Crippen molar-refractivity contribution in [2.75, 3.05) is 4.90 Å². The molecule has 1 N–H and O–H groups in total. The maximum atomic E-state index is 13.1. The van der Waals surface area contributed by atoms with E-state index in [0.29, 0.717) is 5.69 Å². The van der Waals surface area contributed by atoms with Gasteiger partial charge < -0.3 is 5.32 Å². The summed E-state index contributed by atoms with van der Waals surface area (Å²) in [4.78, 5) is 26.0. The molecule has 0 bridgehead atoms. The highest BCUT2D eigenvalue weighted by Gasteiger charge is 2.46. The second kappa shape index (κ2) is 4.74. The highest BCUT2D eigenvalue weighted by molar-refractivity contribution is 6.34. The van der Waals surface area contributed by atoms with Crippen molar-refractivity contribution < 1.29 is 14.0 Å². The van der Waals surface area contributed by atoms with Crippen LogP contribution >= 0.6 is 11.6 Å². The molecule has 1 aromatic rings. The molecule has 1 aliphatic carbocycles. The van der Waals surface area contributed by atoms with Crippen LogP contribution < -0.4 is 10.2 Å². The molecule has 1 aliphatic heterocycles. The molecule has 1 saturated carbocycles. The normalized spacial score (nSPS) is 26.6. The lowest BCUT2D eigenvalue weighted by Crippen LogP contribution is -2.63. The van der Waals surface area contributed by atoms with Crippen molar-refractivity contribution in [1.82, 2.24) is 5.32 Å². The SMILES string of the molecule is CC1C(=O)NC(C2CC2)C(=O)N1c1ccc(F)cc1Cl. The first-order chi connectivity index (χ1) is 9.49. The van der Waals surface area contributed by atoms with E-state index >= 15 is 0 Å². The number of hydrogen-bond acceptors (Lipinski definition) is 2. The van der Waals surface area contributed by atoms with E-state index in [9.17, 15) is 14.0 Å². The second-order valence-electron chi connectivity index (χ2n) is 5.30. The van der Waals surface area contributed by atoms with Crippen LogP contribution in [0.15, 0.2) is 18.2 Å². The lowest BCUT2D eigenvalue weighted by molar-refractivity contribution is -0.133. The summed E-state index contributed by atoms with van der Waals surface area (Å²) in [5.74, 6) is -0.644. The highest BCUT2D eigenvalue weighted by Crippen LogP contribution is 2.37. The molecule has 3 rings (SSSR count). The van der Waals surface area contributed by atoms with Gasteiger partial charge in [-0.2, -0.15) is 0 Å². The van der Waals surface area contributed by atoms with Crippen LogP contribution in [0.1, 0.15) is 19.8 Å². The topological polar surface area (TPSA) is 49.4 Å². The fraction of sp³-hybridized carbons (Fsp3) is 0.429. The Morgan fingerprint density at radius 2 is 2.05 bits per heavy atom. The van der Waals surface area contributed by atoms with Crippen molar-refractivity contribution in [3.63, 3.8) is 0 Å². The Labute approximate surface area is 120 Å². The molecule has 4 nitrogen and oxygen atoms in total. The van der Waals surface area contributed by atoms with Crippen molar-refractivity contribution in [3.8, 4) is 0 Å². The quantitative estimate of drug-likeness (QED) is 0.909. The predicted molar refractivity (Wildman–Crippen MR) is 73.0 cm³/mol. The molecule has 2 amide bonds. The Hall–Kier alpha value is -1.62. The van der Waals surface area contributed by atoms with Crippen LogP contribution in [0.3, 0.4) is 0 Å². The Morgan fingerprint density at radius 1 is 1.35 bits per heavy atom. The summed E-state index contributed by atoms with van der Waals surface area (Å²) in [7, 11) is 0. The van der Waals surface area contributed by atoms with Crippen molar-refractivity contribution in [3.05, 3.63) is 29.0 Å². The van der Waals surface area contributed by atoms with E-state index in [1.54, 1.807) is 6.92 Å². The maximum absolute atomic E-state index is 13.1. The molecule has 0 radical (unpaired) electrons. The average Bonchev–Trinajstić information content (AvgIpc) is 3.21. The third kappa shape index (κ3) is 2.16. The molecule has 1 heterocycles. The molecule has 2 unspecified atom stereocenters. The minimum atomic E-state index is -0.652. The number of anilines is 1. The monoisotopic (exact) mass is 296 g/mol. The predicted octanol–water partition coefficient (Wildman–Crippen LogP) is 2.11. The van der Waals surface area contributed by atoms with Gasteiger partial charge in [0, 0.05) is 0 Å². The van der Waals surface area contributed by atoms with Gasteiger partial charge in [-0.1, -0.05) is 11.6 Å². The van der Waals surface area contributed by atoms with Crippen LogP contribution in [0, 0.1) is 11.7 Å². The van der Waals surface area contributed by atoms with Crippen LogP contribution in [0.25, 0.3) is 0 Å². The van der Waals surface area contributed by atoms with Crippen molar-refractivity contribution in [2.24, 2.45) is 5.92 Å². The molecule has 2 fully saturated rings. The minimum Gasteiger partial charge on any atom is -0.342 e. The van der Waals surface area contributed by atoms with Crippen LogP contribution in [-0.2, 0) is 9.59 Å². The number of rotatable bonds is 2. The number of nitrogens with zero attached hydrogens (tertiary/aromatic N) is 1. The largest absolute Gasteiger partial charge is 0.342 e. The molecule has 2 atom stereocenters. The molecule has 6 heteroatoms. The van der Waals surface area contributed by atoms with Gasteiger partial charge in [0.2, 0.25) is 5.91 Å². The zero-order chi connectivity index (χ0) is 14.4. The zero-order valence-electron chi connectivity index (χ0n) is 10.9. The maximum Gasteiger partial charge on any atom is 0.250 e. The summed E-state index contributed by atoms with van der Waals surface area (Å²) in [6.07, 6.45) is 1.88. The van der Waals surface area contributed by atoms with Gasteiger partial charge in [-0.15, -0.1) is 0 Å². The number of benzene rings is 1. The number of carbonyl (C=O) groups is 2. The standard InChI is InChI=1S/C14H14ClFN2O2/c1-7-13(19)17-12(8-2-3-8)14(20)18(7)11-5-4-9(16)6-10(11)15/h4-8,12H,2-3H2,1H3,(H,17,19). The van der Waals surface area contributed by atoms with E-state index in [4.69, 9.17) is 11.6 Å². The molecule has 2 aliphatic rings. The van der Waals surface area contributed by atoms with Gasteiger partial charge >= 0.3 is 0 Å². The third-order valence-corrected chi connectivity index (χ3v) is 4.13. The fourth-order valence-corrected chi connectivity index (χ4v) is 2.80. The van der Waals surface area contributed by atoms with Crippen molar-refractivity contribution in [2.45, 2.75) is 31.8 Å². The smallest absolute Gasteiger partial charge is 0.250 e.